The van der Waals surface area contributed by atoms with E-state index in [-0.39, 0.29) is 11.5 Å². The van der Waals surface area contributed by atoms with E-state index < -0.39 is 18.2 Å². The third kappa shape index (κ3) is 3.26. The van der Waals surface area contributed by atoms with Gasteiger partial charge in [0, 0.05) is 44.4 Å². The molecule has 4 heterocycles. The fourth-order valence-corrected chi connectivity index (χ4v) is 4.32. The fraction of sp³-hybridized carbons (Fsp3) is 0.381. The second-order valence-electron chi connectivity index (χ2n) is 7.88. The van der Waals surface area contributed by atoms with Gasteiger partial charge in [0.25, 0.3) is 0 Å². The number of piperidine rings is 1. The molecule has 2 aromatic heterocycles. The number of nitrogens with zero attached hydrogens (tertiary/aromatic N) is 4. The minimum atomic E-state index is -1.08. The quantitative estimate of drug-likeness (QED) is 0.702. The number of carboxylic acids is 1. The molecular formula is C21H22N4O5. The number of rotatable bonds is 4. The smallest absolute Gasteiger partial charge is 0.335 e. The van der Waals surface area contributed by atoms with E-state index in [0.717, 1.165) is 49.1 Å². The lowest BCUT2D eigenvalue weighted by atomic mass is 9.83. The molecule has 0 unspecified atom stereocenters. The van der Waals surface area contributed by atoms with Gasteiger partial charge in [-0.2, -0.15) is 0 Å². The molecule has 1 spiro atoms. The summed E-state index contributed by atoms with van der Waals surface area (Å²) in [6.07, 6.45) is 6.71. The molecule has 0 aliphatic carbocycles. The van der Waals surface area contributed by atoms with Crippen LogP contribution in [-0.2, 0) is 17.8 Å². The van der Waals surface area contributed by atoms with Gasteiger partial charge in [0.05, 0.1) is 0 Å². The first kappa shape index (κ1) is 18.5. The second-order valence-corrected chi connectivity index (χ2v) is 7.88. The molecule has 2 aliphatic rings. The summed E-state index contributed by atoms with van der Waals surface area (Å²) in [7, 11) is 0. The lowest BCUT2D eigenvalue weighted by Crippen LogP contribution is -2.49. The highest BCUT2D eigenvalue weighted by Gasteiger charge is 2.39. The standard InChI is InChI=1S/C21H22N4O5/c26-19(27)14-24-11-12-25(20(24)28)18-13-17(22-30-18)23-9-7-21(8-10-23)6-5-15-3-1-2-4-16(15)29-21/h1-4,11-13H,5-10,14H2,(H,26,27). The van der Waals surface area contributed by atoms with Crippen LogP contribution in [-0.4, -0.2) is 44.1 Å². The molecule has 30 heavy (non-hydrogen) atoms. The summed E-state index contributed by atoms with van der Waals surface area (Å²) in [5, 5.41) is 13.0. The average molecular weight is 410 g/mol. The van der Waals surface area contributed by atoms with Crippen LogP contribution in [0.3, 0.4) is 0 Å². The number of aliphatic carboxylic acids is 1. The van der Waals surface area contributed by atoms with Crippen molar-refractivity contribution in [3.63, 3.8) is 0 Å². The van der Waals surface area contributed by atoms with Crippen molar-refractivity contribution in [1.29, 1.82) is 0 Å². The highest BCUT2D eigenvalue weighted by atomic mass is 16.5. The van der Waals surface area contributed by atoms with Crippen LogP contribution in [0, 0.1) is 0 Å². The van der Waals surface area contributed by atoms with Crippen molar-refractivity contribution in [2.24, 2.45) is 0 Å². The molecule has 1 fully saturated rings. The third-order valence-corrected chi connectivity index (χ3v) is 6.02. The van der Waals surface area contributed by atoms with Crippen LogP contribution in [0.25, 0.3) is 5.88 Å². The van der Waals surface area contributed by atoms with E-state index in [4.69, 9.17) is 14.4 Å². The van der Waals surface area contributed by atoms with E-state index in [1.54, 1.807) is 6.07 Å². The molecule has 1 saturated heterocycles. The number of imidazole rings is 1. The summed E-state index contributed by atoms with van der Waals surface area (Å²) in [6.45, 7) is 1.16. The molecule has 0 saturated carbocycles. The minimum Gasteiger partial charge on any atom is -0.487 e. The first-order chi connectivity index (χ1) is 14.5. The molecular weight excluding hydrogens is 388 g/mol. The number of benzene rings is 1. The van der Waals surface area contributed by atoms with Crippen LogP contribution < -0.4 is 15.3 Å². The lowest BCUT2D eigenvalue weighted by molar-refractivity contribution is -0.137. The molecule has 5 rings (SSSR count). The average Bonchev–Trinajstić information content (AvgIpc) is 3.36. The van der Waals surface area contributed by atoms with Gasteiger partial charge in [0.15, 0.2) is 5.82 Å². The van der Waals surface area contributed by atoms with Crippen LogP contribution in [0.1, 0.15) is 24.8 Å². The summed E-state index contributed by atoms with van der Waals surface area (Å²) in [5.41, 5.74) is 0.654. The zero-order valence-corrected chi connectivity index (χ0v) is 16.4. The second kappa shape index (κ2) is 7.08. The van der Waals surface area contributed by atoms with E-state index in [1.165, 1.54) is 22.5 Å². The minimum absolute atomic E-state index is 0.136. The van der Waals surface area contributed by atoms with Crippen molar-refractivity contribution >= 4 is 11.8 Å². The number of aryl methyl sites for hydroxylation is 1. The summed E-state index contributed by atoms with van der Waals surface area (Å²) < 4.78 is 14.1. The zero-order valence-electron chi connectivity index (χ0n) is 16.4. The zero-order chi connectivity index (χ0) is 20.7. The van der Waals surface area contributed by atoms with Crippen LogP contribution in [0.15, 0.2) is 52.0 Å². The van der Waals surface area contributed by atoms with Gasteiger partial charge in [-0.3, -0.25) is 9.36 Å². The Morgan fingerprint density at radius 3 is 2.77 bits per heavy atom. The van der Waals surface area contributed by atoms with Gasteiger partial charge in [-0.05, 0) is 24.5 Å². The fourth-order valence-electron chi connectivity index (χ4n) is 4.32. The lowest BCUT2D eigenvalue weighted by Gasteiger charge is -2.44. The molecule has 1 N–H and O–H groups in total. The van der Waals surface area contributed by atoms with E-state index in [0.29, 0.717) is 5.82 Å². The number of aromatic nitrogens is 3. The van der Waals surface area contributed by atoms with Crippen LogP contribution >= 0.6 is 0 Å². The highest BCUT2D eigenvalue weighted by molar-refractivity contribution is 5.66. The van der Waals surface area contributed by atoms with Crippen LogP contribution in [0.4, 0.5) is 5.82 Å². The Morgan fingerprint density at radius 2 is 1.97 bits per heavy atom. The molecule has 0 amide bonds. The van der Waals surface area contributed by atoms with E-state index in [2.05, 4.69) is 16.1 Å². The Balaban J connectivity index is 1.28. The van der Waals surface area contributed by atoms with Gasteiger partial charge in [-0.25, -0.2) is 9.36 Å². The van der Waals surface area contributed by atoms with E-state index in [1.807, 2.05) is 18.2 Å². The van der Waals surface area contributed by atoms with Gasteiger partial charge in [0.2, 0.25) is 5.88 Å². The van der Waals surface area contributed by atoms with Crippen molar-refractivity contribution in [3.05, 3.63) is 58.8 Å². The predicted octanol–water partition coefficient (Wildman–Crippen LogP) is 2.08. The number of anilines is 1. The molecule has 0 atom stereocenters. The molecule has 156 valence electrons. The summed E-state index contributed by atoms with van der Waals surface area (Å²) in [4.78, 5) is 25.3. The molecule has 9 heteroatoms. The van der Waals surface area contributed by atoms with Gasteiger partial charge in [-0.15, -0.1) is 0 Å². The van der Waals surface area contributed by atoms with Gasteiger partial charge in [0.1, 0.15) is 17.9 Å². The maximum Gasteiger partial charge on any atom is 0.335 e. The molecule has 3 aromatic rings. The maximum atomic E-state index is 12.3. The molecule has 2 aliphatic heterocycles. The summed E-state index contributed by atoms with van der Waals surface area (Å²) in [6, 6.07) is 9.93. The van der Waals surface area contributed by atoms with Crippen molar-refractivity contribution in [2.45, 2.75) is 37.8 Å². The van der Waals surface area contributed by atoms with Crippen LogP contribution in [0.2, 0.25) is 0 Å². The van der Waals surface area contributed by atoms with Gasteiger partial charge >= 0.3 is 11.7 Å². The number of hydrogen-bond acceptors (Lipinski definition) is 6. The summed E-state index contributed by atoms with van der Waals surface area (Å²) >= 11 is 0. The topological polar surface area (TPSA) is 103 Å². The SMILES string of the molecule is O=C(O)Cn1ccn(-c2cc(N3CCC4(CCc5ccccc5O4)CC3)no2)c1=O. The Labute approximate surface area is 172 Å². The molecule has 1 aromatic carbocycles. The first-order valence-electron chi connectivity index (χ1n) is 10.0. The van der Waals surface area contributed by atoms with Gasteiger partial charge in [-0.1, -0.05) is 23.4 Å². The van der Waals surface area contributed by atoms with Crippen molar-refractivity contribution in [1.82, 2.24) is 14.3 Å². The summed E-state index contributed by atoms with van der Waals surface area (Å²) in [5.74, 6) is 0.838. The molecule has 9 nitrogen and oxygen atoms in total. The number of carboxylic acid groups (broad SMARTS) is 1. The van der Waals surface area contributed by atoms with Crippen molar-refractivity contribution < 1.29 is 19.2 Å². The third-order valence-electron chi connectivity index (χ3n) is 6.02. The maximum absolute atomic E-state index is 12.3. The predicted molar refractivity (Wildman–Crippen MR) is 107 cm³/mol. The van der Waals surface area contributed by atoms with E-state index in [9.17, 15) is 9.59 Å². The van der Waals surface area contributed by atoms with E-state index >= 15 is 0 Å². The molecule has 0 radical (unpaired) electrons. The van der Waals surface area contributed by atoms with Crippen molar-refractivity contribution in [3.8, 4) is 11.6 Å². The van der Waals surface area contributed by atoms with Crippen molar-refractivity contribution in [2.75, 3.05) is 18.0 Å². The Kier molecular flexibility index (Phi) is 4.38. The Hall–Kier alpha value is -3.49. The van der Waals surface area contributed by atoms with Gasteiger partial charge < -0.3 is 19.3 Å². The molecule has 0 bridgehead atoms. The number of carbonyl (C=O) groups is 1. The number of fused-ring (bicyclic) bond motifs is 1. The highest BCUT2D eigenvalue weighted by Crippen LogP contribution is 2.39. The number of hydrogen-bond donors (Lipinski definition) is 1. The Bertz CT molecular complexity index is 1140. The van der Waals surface area contributed by atoms with Crippen LogP contribution in [0.5, 0.6) is 5.75 Å². The monoisotopic (exact) mass is 410 g/mol. The largest absolute Gasteiger partial charge is 0.487 e. The Morgan fingerprint density at radius 1 is 1.17 bits per heavy atom. The number of ether oxygens (including phenoxy) is 1. The normalized spacial score (nSPS) is 17.5. The first-order valence-corrected chi connectivity index (χ1v) is 10.0. The number of para-hydroxylation sites is 1.